The van der Waals surface area contributed by atoms with Gasteiger partial charge in [-0.05, 0) is 7.05 Å². The number of rotatable bonds is 5. The predicted molar refractivity (Wildman–Crippen MR) is 83.5 cm³/mol. The van der Waals surface area contributed by atoms with Crippen LogP contribution < -0.4 is 5.32 Å². The van der Waals surface area contributed by atoms with E-state index in [-0.39, 0.29) is 17.7 Å². The molecule has 0 spiro atoms. The Bertz CT molecular complexity index is 377. The van der Waals surface area contributed by atoms with Crippen molar-refractivity contribution in [2.45, 2.75) is 6.92 Å². The number of hydrogen-bond acceptors (Lipinski definition) is 5. The van der Waals surface area contributed by atoms with Crippen LogP contribution in [0.4, 0.5) is 0 Å². The van der Waals surface area contributed by atoms with Gasteiger partial charge in [0.15, 0.2) is 0 Å². The molecule has 0 aromatic carbocycles. The molecule has 0 radical (unpaired) electrons. The molecule has 2 aliphatic heterocycles. The molecule has 0 aromatic rings. The zero-order valence-corrected chi connectivity index (χ0v) is 13.7. The number of nitrogens with zero attached hydrogens (tertiary/aromatic N) is 3. The number of morpholine rings is 1. The van der Waals surface area contributed by atoms with Crippen LogP contribution >= 0.6 is 0 Å². The Kier molecular flexibility index (Phi) is 6.60. The van der Waals surface area contributed by atoms with Gasteiger partial charge in [0.05, 0.1) is 19.8 Å². The third-order valence-electron chi connectivity index (χ3n) is 4.34. The number of amides is 2. The first-order valence-corrected chi connectivity index (χ1v) is 8.13. The van der Waals surface area contributed by atoms with Crippen LogP contribution in [0.5, 0.6) is 0 Å². The molecule has 0 bridgehead atoms. The monoisotopic (exact) mass is 312 g/mol. The Hall–Kier alpha value is -1.18. The molecule has 2 fully saturated rings. The molecule has 2 saturated heterocycles. The van der Waals surface area contributed by atoms with E-state index < -0.39 is 0 Å². The van der Waals surface area contributed by atoms with Gasteiger partial charge in [-0.25, -0.2) is 0 Å². The van der Waals surface area contributed by atoms with Crippen LogP contribution in [0.3, 0.4) is 0 Å². The highest BCUT2D eigenvalue weighted by atomic mass is 16.5. The number of carbonyl (C=O) groups excluding carboxylic acids is 2. The van der Waals surface area contributed by atoms with E-state index in [1.54, 1.807) is 0 Å². The Labute approximate surface area is 132 Å². The molecule has 0 saturated carbocycles. The van der Waals surface area contributed by atoms with Crippen molar-refractivity contribution in [2.24, 2.45) is 5.92 Å². The zero-order valence-electron chi connectivity index (χ0n) is 13.7. The van der Waals surface area contributed by atoms with Crippen LogP contribution in [0.2, 0.25) is 0 Å². The highest BCUT2D eigenvalue weighted by molar-refractivity contribution is 5.80. The second kappa shape index (κ2) is 8.45. The molecule has 7 nitrogen and oxygen atoms in total. The first-order valence-electron chi connectivity index (χ1n) is 8.13. The molecular weight excluding hydrogens is 284 g/mol. The van der Waals surface area contributed by atoms with E-state index in [1.165, 1.54) is 0 Å². The number of nitrogens with one attached hydrogen (secondary N) is 1. The van der Waals surface area contributed by atoms with E-state index in [0.717, 1.165) is 13.1 Å². The van der Waals surface area contributed by atoms with Gasteiger partial charge in [0.2, 0.25) is 11.8 Å². The van der Waals surface area contributed by atoms with Gasteiger partial charge in [-0.15, -0.1) is 0 Å². The average Bonchev–Trinajstić information content (AvgIpc) is 2.55. The van der Waals surface area contributed by atoms with E-state index in [1.807, 2.05) is 23.8 Å². The maximum Gasteiger partial charge on any atom is 0.236 e. The number of hydrogen-bond donors (Lipinski definition) is 1. The Morgan fingerprint density at radius 3 is 2.23 bits per heavy atom. The summed E-state index contributed by atoms with van der Waals surface area (Å²) in [7, 11) is 1.85. The zero-order chi connectivity index (χ0) is 15.9. The Morgan fingerprint density at radius 2 is 1.64 bits per heavy atom. The smallest absolute Gasteiger partial charge is 0.236 e. The van der Waals surface area contributed by atoms with Crippen molar-refractivity contribution in [1.82, 2.24) is 20.0 Å². The maximum absolute atomic E-state index is 12.3. The molecule has 2 amide bonds. The summed E-state index contributed by atoms with van der Waals surface area (Å²) >= 11 is 0. The molecule has 1 atom stereocenters. The van der Waals surface area contributed by atoms with E-state index in [0.29, 0.717) is 52.5 Å². The van der Waals surface area contributed by atoms with Crippen LogP contribution in [0.1, 0.15) is 6.92 Å². The normalized spacial score (nSPS) is 21.7. The van der Waals surface area contributed by atoms with E-state index in [2.05, 4.69) is 10.2 Å². The molecule has 2 rings (SSSR count). The minimum atomic E-state index is -0.0133. The van der Waals surface area contributed by atoms with Crippen molar-refractivity contribution in [3.63, 3.8) is 0 Å². The van der Waals surface area contributed by atoms with Crippen LogP contribution in [0.25, 0.3) is 0 Å². The van der Waals surface area contributed by atoms with Crippen LogP contribution in [0.15, 0.2) is 0 Å². The second-order valence-corrected chi connectivity index (χ2v) is 6.05. The van der Waals surface area contributed by atoms with Gasteiger partial charge in [-0.3, -0.25) is 14.5 Å². The van der Waals surface area contributed by atoms with Gasteiger partial charge < -0.3 is 19.9 Å². The minimum absolute atomic E-state index is 0.0133. The van der Waals surface area contributed by atoms with Crippen LogP contribution in [-0.4, -0.2) is 99.1 Å². The molecule has 0 aromatic heterocycles. The lowest BCUT2D eigenvalue weighted by Gasteiger charge is -2.37. The summed E-state index contributed by atoms with van der Waals surface area (Å²) < 4.78 is 5.29. The highest BCUT2D eigenvalue weighted by Crippen LogP contribution is 2.08. The molecule has 22 heavy (non-hydrogen) atoms. The van der Waals surface area contributed by atoms with Gasteiger partial charge in [0.25, 0.3) is 0 Å². The second-order valence-electron chi connectivity index (χ2n) is 6.05. The topological polar surface area (TPSA) is 65.1 Å². The number of carbonyl (C=O) groups is 2. The summed E-state index contributed by atoms with van der Waals surface area (Å²) in [6.45, 7) is 8.72. The summed E-state index contributed by atoms with van der Waals surface area (Å²) in [4.78, 5) is 30.4. The Morgan fingerprint density at radius 1 is 1.05 bits per heavy atom. The lowest BCUT2D eigenvalue weighted by Crippen LogP contribution is -2.54. The molecule has 1 N–H and O–H groups in total. The lowest BCUT2D eigenvalue weighted by atomic mass is 10.1. The molecule has 2 heterocycles. The quantitative estimate of drug-likeness (QED) is 0.694. The standard InChI is InChI=1S/C15H28N4O3/c1-13(11-16-2)15(21)19-5-3-18(4-6-19)14(20)12-17-7-9-22-10-8-17/h13,16H,3-12H2,1-2H3. The Balaban J connectivity index is 1.74. The molecule has 0 aliphatic carbocycles. The molecule has 7 heteroatoms. The van der Waals surface area contributed by atoms with Crippen molar-refractivity contribution in [3.8, 4) is 0 Å². The largest absolute Gasteiger partial charge is 0.379 e. The van der Waals surface area contributed by atoms with Crippen LogP contribution in [0, 0.1) is 5.92 Å². The van der Waals surface area contributed by atoms with Gasteiger partial charge in [-0.1, -0.05) is 6.92 Å². The SMILES string of the molecule is CNCC(C)C(=O)N1CCN(C(=O)CN2CCOCC2)CC1. The fourth-order valence-corrected chi connectivity index (χ4v) is 2.93. The third kappa shape index (κ3) is 4.66. The highest BCUT2D eigenvalue weighted by Gasteiger charge is 2.27. The average molecular weight is 312 g/mol. The molecule has 1 unspecified atom stereocenters. The number of piperazine rings is 1. The first kappa shape index (κ1) is 17.2. The van der Waals surface area contributed by atoms with Crippen LogP contribution in [-0.2, 0) is 14.3 Å². The van der Waals surface area contributed by atoms with E-state index >= 15 is 0 Å². The summed E-state index contributed by atoms with van der Waals surface area (Å²) in [6, 6.07) is 0. The van der Waals surface area contributed by atoms with Gasteiger partial charge >= 0.3 is 0 Å². The molecule has 126 valence electrons. The molecule has 2 aliphatic rings. The lowest BCUT2D eigenvalue weighted by molar-refractivity contribution is -0.142. The maximum atomic E-state index is 12.3. The van der Waals surface area contributed by atoms with Crippen molar-refractivity contribution < 1.29 is 14.3 Å². The molecular formula is C15H28N4O3. The summed E-state index contributed by atoms with van der Waals surface area (Å²) in [5.74, 6) is 0.326. The third-order valence-corrected chi connectivity index (χ3v) is 4.34. The van der Waals surface area contributed by atoms with Crippen molar-refractivity contribution >= 4 is 11.8 Å². The minimum Gasteiger partial charge on any atom is -0.379 e. The predicted octanol–water partition coefficient (Wildman–Crippen LogP) is -1.16. The fourth-order valence-electron chi connectivity index (χ4n) is 2.93. The van der Waals surface area contributed by atoms with E-state index in [4.69, 9.17) is 4.74 Å². The summed E-state index contributed by atoms with van der Waals surface area (Å²) in [6.07, 6.45) is 0. The van der Waals surface area contributed by atoms with Gasteiger partial charge in [0.1, 0.15) is 0 Å². The number of ether oxygens (including phenoxy) is 1. The summed E-state index contributed by atoms with van der Waals surface area (Å²) in [5.41, 5.74) is 0. The van der Waals surface area contributed by atoms with Crippen molar-refractivity contribution in [2.75, 3.05) is 72.6 Å². The fraction of sp³-hybridized carbons (Fsp3) is 0.867. The van der Waals surface area contributed by atoms with Gasteiger partial charge in [0, 0.05) is 51.7 Å². The first-order chi connectivity index (χ1) is 10.6. The van der Waals surface area contributed by atoms with Gasteiger partial charge in [-0.2, -0.15) is 0 Å². The van der Waals surface area contributed by atoms with Crippen molar-refractivity contribution in [1.29, 1.82) is 0 Å². The summed E-state index contributed by atoms with van der Waals surface area (Å²) in [5, 5.41) is 3.03. The van der Waals surface area contributed by atoms with Crippen molar-refractivity contribution in [3.05, 3.63) is 0 Å². The van der Waals surface area contributed by atoms with E-state index in [9.17, 15) is 9.59 Å².